The maximum absolute atomic E-state index is 12.1. The summed E-state index contributed by atoms with van der Waals surface area (Å²) in [6, 6.07) is 7.49. The van der Waals surface area contributed by atoms with Crippen molar-refractivity contribution >= 4 is 40.1 Å². The van der Waals surface area contributed by atoms with E-state index in [1.807, 2.05) is 38.1 Å². The summed E-state index contributed by atoms with van der Waals surface area (Å²) < 4.78 is 0. The minimum absolute atomic E-state index is 0.129. The number of benzene rings is 1. The van der Waals surface area contributed by atoms with Crippen LogP contribution in [0.5, 0.6) is 0 Å². The Labute approximate surface area is 127 Å². The predicted octanol–water partition coefficient (Wildman–Crippen LogP) is 2.84. The van der Waals surface area contributed by atoms with Gasteiger partial charge in [-0.2, -0.15) is 0 Å². The van der Waals surface area contributed by atoms with E-state index in [-0.39, 0.29) is 5.91 Å². The molecular weight excluding hydrogens is 290 g/mol. The summed E-state index contributed by atoms with van der Waals surface area (Å²) in [6.07, 6.45) is 0.566. The second kappa shape index (κ2) is 6.11. The van der Waals surface area contributed by atoms with Gasteiger partial charge in [-0.25, -0.2) is 4.98 Å². The molecule has 2 rings (SSSR count). The second-order valence-electron chi connectivity index (χ2n) is 4.44. The Balaban J connectivity index is 2.08. The standard InChI is InChI=1S/C14H15N3OS2/c1-8-13(20-9(2)16-8)14(18)17-11-5-3-10(4-6-11)7-12(15)19/h3-6H,7H2,1-2H3,(H2,15,19)(H,17,18). The van der Waals surface area contributed by atoms with Gasteiger partial charge < -0.3 is 11.1 Å². The molecule has 3 N–H and O–H groups in total. The van der Waals surface area contributed by atoms with Gasteiger partial charge in [0, 0.05) is 12.1 Å². The number of aryl methyl sites for hydroxylation is 2. The van der Waals surface area contributed by atoms with Crippen molar-refractivity contribution in [2.24, 2.45) is 5.73 Å². The summed E-state index contributed by atoms with van der Waals surface area (Å²) in [7, 11) is 0. The predicted molar refractivity (Wildman–Crippen MR) is 86.5 cm³/mol. The van der Waals surface area contributed by atoms with E-state index in [0.29, 0.717) is 16.3 Å². The lowest BCUT2D eigenvalue weighted by Crippen LogP contribution is -2.12. The Morgan fingerprint density at radius 3 is 2.50 bits per heavy atom. The normalized spacial score (nSPS) is 10.3. The highest BCUT2D eigenvalue weighted by Crippen LogP contribution is 2.19. The van der Waals surface area contributed by atoms with Crippen molar-refractivity contribution < 1.29 is 4.79 Å². The summed E-state index contributed by atoms with van der Waals surface area (Å²) >= 11 is 6.26. The van der Waals surface area contributed by atoms with Crippen LogP contribution in [0.25, 0.3) is 0 Å². The molecule has 0 spiro atoms. The van der Waals surface area contributed by atoms with Crippen molar-refractivity contribution in [2.75, 3.05) is 5.32 Å². The number of nitrogens with zero attached hydrogens (tertiary/aromatic N) is 1. The fraction of sp³-hybridized carbons (Fsp3) is 0.214. The van der Waals surface area contributed by atoms with Gasteiger partial charge in [-0.1, -0.05) is 24.4 Å². The monoisotopic (exact) mass is 305 g/mol. The molecule has 6 heteroatoms. The molecule has 1 aromatic carbocycles. The molecule has 0 saturated heterocycles. The van der Waals surface area contributed by atoms with Crippen LogP contribution in [0.3, 0.4) is 0 Å². The highest BCUT2D eigenvalue weighted by molar-refractivity contribution is 7.80. The number of thiocarbonyl (C=S) groups is 1. The number of hydrogen-bond donors (Lipinski definition) is 2. The lowest BCUT2D eigenvalue weighted by Gasteiger charge is -2.05. The van der Waals surface area contributed by atoms with Crippen molar-refractivity contribution in [3.8, 4) is 0 Å². The number of rotatable bonds is 4. The van der Waals surface area contributed by atoms with E-state index in [2.05, 4.69) is 10.3 Å². The minimum Gasteiger partial charge on any atom is -0.393 e. The molecule has 0 fully saturated rings. The highest BCUT2D eigenvalue weighted by atomic mass is 32.1. The lowest BCUT2D eigenvalue weighted by atomic mass is 10.1. The van der Waals surface area contributed by atoms with Gasteiger partial charge in [-0.3, -0.25) is 4.79 Å². The Morgan fingerprint density at radius 2 is 2.00 bits per heavy atom. The second-order valence-corrected chi connectivity index (χ2v) is 6.17. The van der Waals surface area contributed by atoms with Crippen LogP contribution in [-0.2, 0) is 6.42 Å². The third kappa shape index (κ3) is 3.61. The zero-order chi connectivity index (χ0) is 14.7. The molecule has 1 heterocycles. The van der Waals surface area contributed by atoms with Crippen molar-refractivity contribution in [2.45, 2.75) is 20.3 Å². The van der Waals surface area contributed by atoms with Gasteiger partial charge in [0.2, 0.25) is 0 Å². The number of aromatic nitrogens is 1. The number of anilines is 1. The zero-order valence-electron chi connectivity index (χ0n) is 11.3. The van der Waals surface area contributed by atoms with Crippen molar-refractivity contribution in [3.63, 3.8) is 0 Å². The average molecular weight is 305 g/mol. The van der Waals surface area contributed by atoms with Crippen LogP contribution in [0, 0.1) is 13.8 Å². The Bertz CT molecular complexity index is 647. The number of thiazole rings is 1. The molecule has 0 radical (unpaired) electrons. The minimum atomic E-state index is -0.129. The quantitative estimate of drug-likeness (QED) is 0.852. The van der Waals surface area contributed by atoms with Gasteiger partial charge in [-0.05, 0) is 31.5 Å². The molecule has 0 bridgehead atoms. The van der Waals surface area contributed by atoms with E-state index in [1.165, 1.54) is 11.3 Å². The first-order valence-corrected chi connectivity index (χ1v) is 7.31. The van der Waals surface area contributed by atoms with Crippen molar-refractivity contribution in [3.05, 3.63) is 45.4 Å². The molecule has 1 aromatic heterocycles. The number of carbonyl (C=O) groups is 1. The highest BCUT2D eigenvalue weighted by Gasteiger charge is 2.13. The Morgan fingerprint density at radius 1 is 1.35 bits per heavy atom. The topological polar surface area (TPSA) is 68.0 Å². The molecule has 0 unspecified atom stereocenters. The molecule has 104 valence electrons. The molecule has 0 aliphatic carbocycles. The molecule has 0 aliphatic rings. The van der Waals surface area contributed by atoms with Crippen molar-refractivity contribution in [1.29, 1.82) is 0 Å². The summed E-state index contributed by atoms with van der Waals surface area (Å²) in [6.45, 7) is 3.72. The van der Waals surface area contributed by atoms with Crippen LogP contribution in [-0.4, -0.2) is 15.9 Å². The van der Waals surface area contributed by atoms with Gasteiger partial charge in [-0.15, -0.1) is 11.3 Å². The number of carbonyl (C=O) groups excluding carboxylic acids is 1. The van der Waals surface area contributed by atoms with Gasteiger partial charge >= 0.3 is 0 Å². The van der Waals surface area contributed by atoms with Crippen LogP contribution in [0.2, 0.25) is 0 Å². The SMILES string of the molecule is Cc1nc(C)c(C(=O)Nc2ccc(CC(N)=S)cc2)s1. The van der Waals surface area contributed by atoms with Gasteiger partial charge in [0.15, 0.2) is 0 Å². The van der Waals surface area contributed by atoms with Crippen LogP contribution in [0.4, 0.5) is 5.69 Å². The molecule has 0 saturated carbocycles. The zero-order valence-corrected chi connectivity index (χ0v) is 12.9. The van der Waals surface area contributed by atoms with E-state index < -0.39 is 0 Å². The molecular formula is C14H15N3OS2. The third-order valence-corrected chi connectivity index (χ3v) is 3.92. The number of nitrogens with two attached hydrogens (primary N) is 1. The van der Waals surface area contributed by atoms with Gasteiger partial charge in [0.25, 0.3) is 5.91 Å². The van der Waals surface area contributed by atoms with Gasteiger partial charge in [0.1, 0.15) is 4.88 Å². The van der Waals surface area contributed by atoms with E-state index >= 15 is 0 Å². The number of amides is 1. The van der Waals surface area contributed by atoms with E-state index in [4.69, 9.17) is 18.0 Å². The van der Waals surface area contributed by atoms with E-state index in [0.717, 1.165) is 22.0 Å². The van der Waals surface area contributed by atoms with Crippen LogP contribution in [0.15, 0.2) is 24.3 Å². The summed E-state index contributed by atoms with van der Waals surface area (Å²) in [5.41, 5.74) is 8.02. The van der Waals surface area contributed by atoms with Crippen LogP contribution in [0.1, 0.15) is 25.9 Å². The van der Waals surface area contributed by atoms with Crippen LogP contribution < -0.4 is 11.1 Å². The first kappa shape index (κ1) is 14.6. The molecule has 4 nitrogen and oxygen atoms in total. The summed E-state index contributed by atoms with van der Waals surface area (Å²) in [5.74, 6) is -0.129. The maximum Gasteiger partial charge on any atom is 0.267 e. The smallest absolute Gasteiger partial charge is 0.267 e. The van der Waals surface area contributed by atoms with E-state index in [1.54, 1.807) is 0 Å². The Hall–Kier alpha value is -1.79. The molecule has 2 aromatic rings. The average Bonchev–Trinajstić information content (AvgIpc) is 2.70. The van der Waals surface area contributed by atoms with Gasteiger partial charge in [0.05, 0.1) is 15.7 Å². The third-order valence-electron chi connectivity index (χ3n) is 2.70. The molecule has 0 aliphatic heterocycles. The Kier molecular flexibility index (Phi) is 4.46. The largest absolute Gasteiger partial charge is 0.393 e. The molecule has 20 heavy (non-hydrogen) atoms. The molecule has 1 amide bonds. The molecule has 0 atom stereocenters. The fourth-order valence-electron chi connectivity index (χ4n) is 1.84. The number of nitrogens with one attached hydrogen (secondary N) is 1. The summed E-state index contributed by atoms with van der Waals surface area (Å²) in [4.78, 5) is 17.5. The first-order valence-electron chi connectivity index (χ1n) is 6.08. The first-order chi connectivity index (χ1) is 9.45. The number of hydrogen-bond acceptors (Lipinski definition) is 4. The summed E-state index contributed by atoms with van der Waals surface area (Å²) in [5, 5.41) is 3.75. The maximum atomic E-state index is 12.1. The van der Waals surface area contributed by atoms with Crippen LogP contribution >= 0.6 is 23.6 Å². The lowest BCUT2D eigenvalue weighted by molar-refractivity contribution is 0.103. The fourth-order valence-corrected chi connectivity index (χ4v) is 2.82. The van der Waals surface area contributed by atoms with E-state index in [9.17, 15) is 4.79 Å². The van der Waals surface area contributed by atoms with Crippen molar-refractivity contribution in [1.82, 2.24) is 4.98 Å².